The molecule has 4 heteroatoms. The lowest BCUT2D eigenvalue weighted by atomic mass is 9.76. The lowest BCUT2D eigenvalue weighted by Gasteiger charge is -2.37. The molecule has 0 aliphatic heterocycles. The summed E-state index contributed by atoms with van der Waals surface area (Å²) in [5.41, 5.74) is 1.68. The number of benzene rings is 2. The van der Waals surface area contributed by atoms with E-state index in [0.29, 0.717) is 11.6 Å². The van der Waals surface area contributed by atoms with E-state index in [4.69, 9.17) is 0 Å². The predicted octanol–water partition coefficient (Wildman–Crippen LogP) is 5.09. The van der Waals surface area contributed by atoms with E-state index in [9.17, 15) is 8.78 Å². The van der Waals surface area contributed by atoms with E-state index in [1.807, 2.05) is 12.1 Å². The van der Waals surface area contributed by atoms with Crippen LogP contribution in [0.2, 0.25) is 0 Å². The SMILES string of the molecule is Fc1ccc(C2CC(Nc3cc(Br)ccc3F)C2)cc1. The van der Waals surface area contributed by atoms with Gasteiger partial charge in [0.05, 0.1) is 5.69 Å². The van der Waals surface area contributed by atoms with Crippen molar-refractivity contribution in [3.63, 3.8) is 0 Å². The lowest BCUT2D eigenvalue weighted by Crippen LogP contribution is -2.34. The molecule has 104 valence electrons. The highest BCUT2D eigenvalue weighted by Gasteiger charge is 2.30. The largest absolute Gasteiger partial charge is 0.380 e. The summed E-state index contributed by atoms with van der Waals surface area (Å²) in [5.74, 6) is -0.0132. The van der Waals surface area contributed by atoms with Crippen molar-refractivity contribution < 1.29 is 8.78 Å². The predicted molar refractivity (Wildman–Crippen MR) is 79.9 cm³/mol. The zero-order valence-corrected chi connectivity index (χ0v) is 12.3. The van der Waals surface area contributed by atoms with Gasteiger partial charge in [-0.25, -0.2) is 8.78 Å². The number of nitrogens with one attached hydrogen (secondary N) is 1. The zero-order chi connectivity index (χ0) is 14.1. The molecule has 3 rings (SSSR count). The maximum Gasteiger partial charge on any atom is 0.146 e. The van der Waals surface area contributed by atoms with Crippen molar-refractivity contribution in [3.05, 3.63) is 64.1 Å². The van der Waals surface area contributed by atoms with Crippen LogP contribution in [0.5, 0.6) is 0 Å². The smallest absolute Gasteiger partial charge is 0.146 e. The van der Waals surface area contributed by atoms with Crippen LogP contribution in [-0.4, -0.2) is 6.04 Å². The van der Waals surface area contributed by atoms with E-state index in [1.54, 1.807) is 12.1 Å². The molecular weight excluding hydrogens is 324 g/mol. The van der Waals surface area contributed by atoms with Gasteiger partial charge in [-0.1, -0.05) is 28.1 Å². The number of hydrogen-bond acceptors (Lipinski definition) is 1. The Kier molecular flexibility index (Phi) is 3.74. The van der Waals surface area contributed by atoms with Crippen LogP contribution in [0.25, 0.3) is 0 Å². The van der Waals surface area contributed by atoms with Crippen molar-refractivity contribution in [2.45, 2.75) is 24.8 Å². The second-order valence-corrected chi connectivity index (χ2v) is 6.10. The molecule has 0 heterocycles. The van der Waals surface area contributed by atoms with Crippen molar-refractivity contribution >= 4 is 21.6 Å². The summed E-state index contributed by atoms with van der Waals surface area (Å²) in [6, 6.07) is 11.8. The van der Waals surface area contributed by atoms with Crippen LogP contribution >= 0.6 is 15.9 Å². The van der Waals surface area contributed by atoms with Gasteiger partial charge in [0.2, 0.25) is 0 Å². The van der Waals surface area contributed by atoms with Crippen molar-refractivity contribution in [3.8, 4) is 0 Å². The standard InChI is InChI=1S/C16H14BrF2N/c17-12-3-6-15(19)16(9-12)20-14-7-11(8-14)10-1-4-13(18)5-2-10/h1-6,9,11,14,20H,7-8H2. The Balaban J connectivity index is 1.60. The molecular formula is C16H14BrF2N. The van der Waals surface area contributed by atoms with E-state index >= 15 is 0 Å². The number of anilines is 1. The Labute approximate surface area is 125 Å². The van der Waals surface area contributed by atoms with Crippen LogP contribution in [0.3, 0.4) is 0 Å². The van der Waals surface area contributed by atoms with Crippen LogP contribution < -0.4 is 5.32 Å². The Hall–Kier alpha value is -1.42. The fraction of sp³-hybridized carbons (Fsp3) is 0.250. The fourth-order valence-corrected chi connectivity index (χ4v) is 2.93. The van der Waals surface area contributed by atoms with Gasteiger partial charge in [0, 0.05) is 10.5 Å². The Bertz CT molecular complexity index is 606. The van der Waals surface area contributed by atoms with Gasteiger partial charge in [-0.05, 0) is 54.7 Å². The summed E-state index contributed by atoms with van der Waals surface area (Å²) >= 11 is 3.34. The highest BCUT2D eigenvalue weighted by atomic mass is 79.9. The third-order valence-corrected chi connectivity index (χ3v) is 4.26. The number of hydrogen-bond donors (Lipinski definition) is 1. The Morgan fingerprint density at radius 2 is 1.70 bits per heavy atom. The molecule has 0 saturated heterocycles. The van der Waals surface area contributed by atoms with Gasteiger partial charge in [-0.2, -0.15) is 0 Å². The van der Waals surface area contributed by atoms with Gasteiger partial charge in [0.1, 0.15) is 11.6 Å². The summed E-state index contributed by atoms with van der Waals surface area (Å²) in [6.07, 6.45) is 1.88. The topological polar surface area (TPSA) is 12.0 Å². The second-order valence-electron chi connectivity index (χ2n) is 5.19. The van der Waals surface area contributed by atoms with Crippen LogP contribution in [0.1, 0.15) is 24.3 Å². The summed E-state index contributed by atoms with van der Waals surface area (Å²) in [5, 5.41) is 3.22. The van der Waals surface area contributed by atoms with E-state index < -0.39 is 0 Å². The van der Waals surface area contributed by atoms with Gasteiger partial charge >= 0.3 is 0 Å². The van der Waals surface area contributed by atoms with E-state index in [2.05, 4.69) is 21.2 Å². The van der Waals surface area contributed by atoms with Gasteiger partial charge in [0.25, 0.3) is 0 Å². The summed E-state index contributed by atoms with van der Waals surface area (Å²) in [7, 11) is 0. The zero-order valence-electron chi connectivity index (χ0n) is 10.7. The van der Waals surface area contributed by atoms with Gasteiger partial charge in [0.15, 0.2) is 0 Å². The van der Waals surface area contributed by atoms with Crippen LogP contribution in [-0.2, 0) is 0 Å². The molecule has 1 fully saturated rings. The minimum atomic E-state index is -0.238. The van der Waals surface area contributed by atoms with Gasteiger partial charge in [-0.15, -0.1) is 0 Å². The molecule has 20 heavy (non-hydrogen) atoms. The molecule has 1 aliphatic carbocycles. The van der Waals surface area contributed by atoms with E-state index in [0.717, 1.165) is 22.9 Å². The second kappa shape index (κ2) is 5.52. The quantitative estimate of drug-likeness (QED) is 0.822. The first-order chi connectivity index (χ1) is 9.61. The minimum absolute atomic E-state index is 0.209. The monoisotopic (exact) mass is 337 g/mol. The van der Waals surface area contributed by atoms with E-state index in [1.165, 1.54) is 18.2 Å². The minimum Gasteiger partial charge on any atom is -0.380 e. The highest BCUT2D eigenvalue weighted by molar-refractivity contribution is 9.10. The molecule has 0 atom stereocenters. The average molecular weight is 338 g/mol. The normalized spacial score (nSPS) is 21.4. The maximum absolute atomic E-state index is 13.6. The summed E-state index contributed by atoms with van der Waals surface area (Å²) in [6.45, 7) is 0. The Morgan fingerprint density at radius 1 is 1.00 bits per heavy atom. The fourth-order valence-electron chi connectivity index (χ4n) is 2.57. The molecule has 0 bridgehead atoms. The first-order valence-electron chi connectivity index (χ1n) is 6.59. The van der Waals surface area contributed by atoms with Crippen molar-refractivity contribution in [1.29, 1.82) is 0 Å². The molecule has 0 radical (unpaired) electrons. The van der Waals surface area contributed by atoms with Crippen LogP contribution in [0, 0.1) is 11.6 Å². The molecule has 1 N–H and O–H groups in total. The molecule has 2 aromatic rings. The summed E-state index contributed by atoms with van der Waals surface area (Å²) < 4.78 is 27.3. The maximum atomic E-state index is 13.6. The molecule has 0 amide bonds. The molecule has 1 saturated carbocycles. The van der Waals surface area contributed by atoms with Gasteiger partial charge < -0.3 is 5.32 Å². The molecule has 1 nitrogen and oxygen atoms in total. The third-order valence-electron chi connectivity index (χ3n) is 3.77. The number of halogens is 3. The average Bonchev–Trinajstić information content (AvgIpc) is 2.39. The highest BCUT2D eigenvalue weighted by Crippen LogP contribution is 2.39. The van der Waals surface area contributed by atoms with Crippen molar-refractivity contribution in [2.24, 2.45) is 0 Å². The van der Waals surface area contributed by atoms with Crippen molar-refractivity contribution in [2.75, 3.05) is 5.32 Å². The van der Waals surface area contributed by atoms with E-state index in [-0.39, 0.29) is 17.7 Å². The van der Waals surface area contributed by atoms with Gasteiger partial charge in [-0.3, -0.25) is 0 Å². The van der Waals surface area contributed by atoms with Crippen molar-refractivity contribution in [1.82, 2.24) is 0 Å². The summed E-state index contributed by atoms with van der Waals surface area (Å²) in [4.78, 5) is 0. The molecule has 0 spiro atoms. The number of rotatable bonds is 3. The molecule has 0 aromatic heterocycles. The molecule has 0 unspecified atom stereocenters. The lowest BCUT2D eigenvalue weighted by molar-refractivity contribution is 0.372. The first-order valence-corrected chi connectivity index (χ1v) is 7.38. The Morgan fingerprint density at radius 3 is 2.40 bits per heavy atom. The van der Waals surface area contributed by atoms with Crippen LogP contribution in [0.15, 0.2) is 46.9 Å². The molecule has 2 aromatic carbocycles. The third kappa shape index (κ3) is 2.85. The molecule has 1 aliphatic rings. The van der Waals surface area contributed by atoms with Crippen LogP contribution in [0.4, 0.5) is 14.5 Å². The first kappa shape index (κ1) is 13.6.